The molecule has 0 spiro atoms. The molecule has 3 rings (SSSR count). The van der Waals surface area contributed by atoms with Gasteiger partial charge in [-0.1, -0.05) is 0 Å². The van der Waals surface area contributed by atoms with Crippen LogP contribution in [0.25, 0.3) is 0 Å². The number of rotatable bonds is 15. The van der Waals surface area contributed by atoms with Crippen molar-refractivity contribution in [2.45, 2.75) is 124 Å². The third-order valence-corrected chi connectivity index (χ3v) is 8.71. The molecule has 17 heteroatoms. The first kappa shape index (κ1) is 36.8. The fraction of sp³-hybridized carbons (Fsp3) is 1.00. The van der Waals surface area contributed by atoms with Crippen molar-refractivity contribution in [3.8, 4) is 0 Å². The maximum atomic E-state index is 11.6. The Balaban J connectivity index is 1.82. The van der Waals surface area contributed by atoms with Gasteiger partial charge in [-0.3, -0.25) is 0 Å². The first-order chi connectivity index (χ1) is 20.4. The van der Waals surface area contributed by atoms with Gasteiger partial charge in [0.15, 0.2) is 12.6 Å². The van der Waals surface area contributed by atoms with Gasteiger partial charge in [-0.25, -0.2) is 0 Å². The molecule has 0 aromatic carbocycles. The van der Waals surface area contributed by atoms with Gasteiger partial charge in [-0.15, -0.1) is 0 Å². The van der Waals surface area contributed by atoms with Crippen molar-refractivity contribution >= 4 is 0 Å². The van der Waals surface area contributed by atoms with Crippen LogP contribution < -0.4 is 34.0 Å². The summed E-state index contributed by atoms with van der Waals surface area (Å²) < 4.78 is 24.0. The summed E-state index contributed by atoms with van der Waals surface area (Å²) in [6, 6.07) is -2.52. The fourth-order valence-electron chi connectivity index (χ4n) is 6.04. The number of nitrogens with one attached hydrogen (secondary N) is 1. The lowest BCUT2D eigenvalue weighted by molar-refractivity contribution is -0.321. The minimum Gasteiger partial charge on any atom is -0.394 e. The molecule has 2 heterocycles. The van der Waals surface area contributed by atoms with Crippen molar-refractivity contribution in [1.82, 2.24) is 5.32 Å². The molecule has 2 saturated heterocycles. The summed E-state index contributed by atoms with van der Waals surface area (Å²) in [4.78, 5) is 0. The van der Waals surface area contributed by atoms with Crippen LogP contribution in [0.15, 0.2) is 0 Å². The topological polar surface area (TPSA) is 321 Å². The molecule has 0 aromatic rings. The highest BCUT2D eigenvalue weighted by Gasteiger charge is 2.51. The predicted molar refractivity (Wildman–Crippen MR) is 152 cm³/mol. The van der Waals surface area contributed by atoms with E-state index < -0.39 is 104 Å². The first-order valence-electron chi connectivity index (χ1n) is 15.1. The van der Waals surface area contributed by atoms with Crippen LogP contribution in [-0.2, 0) is 18.9 Å². The zero-order chi connectivity index (χ0) is 31.8. The largest absolute Gasteiger partial charge is 0.394 e. The summed E-state index contributed by atoms with van der Waals surface area (Å²) in [6.07, 6.45) is -11.6. The molecule has 43 heavy (non-hydrogen) atoms. The highest BCUT2D eigenvalue weighted by atomic mass is 16.7. The summed E-state index contributed by atoms with van der Waals surface area (Å²) in [6.45, 7) is -0.0988. The van der Waals surface area contributed by atoms with Crippen LogP contribution in [0.1, 0.15) is 32.1 Å². The molecule has 16 atom stereocenters. The van der Waals surface area contributed by atoms with Crippen molar-refractivity contribution < 1.29 is 54.7 Å². The van der Waals surface area contributed by atoms with Gasteiger partial charge in [0.05, 0.1) is 49.2 Å². The van der Waals surface area contributed by atoms with Gasteiger partial charge in [0.1, 0.15) is 30.5 Å². The number of nitrogens with two attached hydrogens (primary N) is 5. The molecule has 17 nitrogen and oxygen atoms in total. The molecule has 1 aliphatic carbocycles. The van der Waals surface area contributed by atoms with E-state index in [0.717, 1.165) is 0 Å². The van der Waals surface area contributed by atoms with E-state index in [4.69, 9.17) is 47.6 Å². The SMILES string of the molecule is NCCC(O)CN[C@@H]1C[C@H](O)[C@@H](CN)O[C@@H]1O[C@H]1[C@H](O)[C@@H](O[C@H]2O[C@H](CO)[C@@H](O)[C@H](N)[C@H]2O)[C@H](CCC(O)CN)C[C@@H]1N. The van der Waals surface area contributed by atoms with Gasteiger partial charge in [0, 0.05) is 25.7 Å². The second-order valence-electron chi connectivity index (χ2n) is 11.9. The van der Waals surface area contributed by atoms with Crippen LogP contribution in [0.3, 0.4) is 0 Å². The van der Waals surface area contributed by atoms with Gasteiger partial charge in [-0.2, -0.15) is 0 Å². The molecule has 0 aromatic heterocycles. The number of ether oxygens (including phenoxy) is 4. The Kier molecular flexibility index (Phi) is 14.8. The van der Waals surface area contributed by atoms with E-state index in [9.17, 15) is 35.7 Å². The molecule has 2 unspecified atom stereocenters. The van der Waals surface area contributed by atoms with E-state index in [-0.39, 0.29) is 45.4 Å². The smallest absolute Gasteiger partial charge is 0.186 e. The Labute approximate surface area is 251 Å². The molecule has 3 aliphatic rings. The maximum Gasteiger partial charge on any atom is 0.186 e. The van der Waals surface area contributed by atoms with Crippen LogP contribution in [0.5, 0.6) is 0 Å². The Morgan fingerprint density at radius 2 is 1.49 bits per heavy atom. The molecule has 1 saturated carbocycles. The summed E-state index contributed by atoms with van der Waals surface area (Å²) in [5.41, 5.74) is 29.4. The molecule has 0 amide bonds. The molecular formula is C26H54N6O11. The summed E-state index contributed by atoms with van der Waals surface area (Å²) in [7, 11) is 0. The van der Waals surface area contributed by atoms with E-state index in [0.29, 0.717) is 12.8 Å². The predicted octanol–water partition coefficient (Wildman–Crippen LogP) is -6.57. The highest BCUT2D eigenvalue weighted by Crippen LogP contribution is 2.36. The Bertz CT molecular complexity index is 809. The Hall–Kier alpha value is -0.680. The van der Waals surface area contributed by atoms with Gasteiger partial charge < -0.3 is 88.7 Å². The van der Waals surface area contributed by atoms with Gasteiger partial charge in [0.25, 0.3) is 0 Å². The van der Waals surface area contributed by atoms with E-state index in [1.807, 2.05) is 0 Å². The van der Waals surface area contributed by atoms with Crippen LogP contribution >= 0.6 is 0 Å². The summed E-state index contributed by atoms with van der Waals surface area (Å²) in [5.74, 6) is -0.441. The fourth-order valence-corrected chi connectivity index (χ4v) is 6.04. The normalized spacial score (nSPS) is 43.8. The number of aliphatic hydroxyl groups is 7. The molecule has 254 valence electrons. The average molecular weight is 627 g/mol. The minimum atomic E-state index is -1.49. The van der Waals surface area contributed by atoms with Gasteiger partial charge in [0.2, 0.25) is 0 Å². The van der Waals surface area contributed by atoms with Crippen molar-refractivity contribution in [1.29, 1.82) is 0 Å². The molecule has 2 aliphatic heterocycles. The lowest BCUT2D eigenvalue weighted by Crippen LogP contribution is -2.66. The third kappa shape index (κ3) is 9.43. The quantitative estimate of drug-likeness (QED) is 0.0803. The van der Waals surface area contributed by atoms with E-state index in [1.54, 1.807) is 0 Å². The highest BCUT2D eigenvalue weighted by molar-refractivity contribution is 5.00. The van der Waals surface area contributed by atoms with E-state index >= 15 is 0 Å². The van der Waals surface area contributed by atoms with Crippen LogP contribution in [0.4, 0.5) is 0 Å². The molecule has 0 bridgehead atoms. The van der Waals surface area contributed by atoms with E-state index in [2.05, 4.69) is 5.32 Å². The second kappa shape index (κ2) is 17.3. The van der Waals surface area contributed by atoms with Crippen LogP contribution in [0, 0.1) is 5.92 Å². The lowest BCUT2D eigenvalue weighted by atomic mass is 9.77. The number of aliphatic hydroxyl groups excluding tert-OH is 7. The van der Waals surface area contributed by atoms with Crippen LogP contribution in [0.2, 0.25) is 0 Å². The molecule has 0 radical (unpaired) electrons. The lowest BCUT2D eigenvalue weighted by Gasteiger charge is -2.49. The Morgan fingerprint density at radius 3 is 2.12 bits per heavy atom. The number of hydrogen-bond acceptors (Lipinski definition) is 17. The van der Waals surface area contributed by atoms with Crippen molar-refractivity contribution in [2.24, 2.45) is 34.6 Å². The van der Waals surface area contributed by atoms with Crippen molar-refractivity contribution in [2.75, 3.05) is 32.8 Å². The zero-order valence-electron chi connectivity index (χ0n) is 24.5. The van der Waals surface area contributed by atoms with Crippen LogP contribution in [-0.4, -0.2) is 160 Å². The first-order valence-corrected chi connectivity index (χ1v) is 15.1. The molecule has 18 N–H and O–H groups in total. The summed E-state index contributed by atoms with van der Waals surface area (Å²) >= 11 is 0. The summed E-state index contributed by atoms with van der Waals surface area (Å²) in [5, 5.41) is 76.2. The average Bonchev–Trinajstić information content (AvgIpc) is 2.99. The molecule has 3 fully saturated rings. The standard InChI is InChI=1S/C26H54N6O11/c27-4-3-13(35)9-32-15-6-16(36)17(8-29)40-25(15)43-24-14(30)5-11(1-2-12(34)7-28)23(22(24)39)42-26-21(38)19(31)20(37)18(10-33)41-26/h11-26,32-39H,1-10,27-31H2/t11-,12?,13?,14+,15-,16+,17-,18-,19+,20-,21-,22-,23+,24-,25-,26-/m1/s1. The number of hydrogen-bond donors (Lipinski definition) is 13. The monoisotopic (exact) mass is 626 g/mol. The second-order valence-corrected chi connectivity index (χ2v) is 11.9. The van der Waals surface area contributed by atoms with Gasteiger partial charge >= 0.3 is 0 Å². The van der Waals surface area contributed by atoms with Gasteiger partial charge in [-0.05, 0) is 44.6 Å². The Morgan fingerprint density at radius 1 is 0.814 bits per heavy atom. The van der Waals surface area contributed by atoms with E-state index in [1.165, 1.54) is 0 Å². The molecular weight excluding hydrogens is 572 g/mol. The minimum absolute atomic E-state index is 0.00906. The maximum absolute atomic E-state index is 11.6. The van der Waals surface area contributed by atoms with Crippen molar-refractivity contribution in [3.63, 3.8) is 0 Å². The third-order valence-electron chi connectivity index (χ3n) is 8.71. The zero-order valence-corrected chi connectivity index (χ0v) is 24.5. The van der Waals surface area contributed by atoms with Crippen molar-refractivity contribution in [3.05, 3.63) is 0 Å².